The van der Waals surface area contributed by atoms with E-state index in [1.165, 1.54) is 0 Å². The van der Waals surface area contributed by atoms with Crippen molar-refractivity contribution in [3.8, 4) is 67.5 Å². The Morgan fingerprint density at radius 3 is 1.88 bits per heavy atom. The fourth-order valence-corrected chi connectivity index (χ4v) is 10.8. The van der Waals surface area contributed by atoms with Crippen LogP contribution in [0, 0.1) is 6.07 Å². The summed E-state index contributed by atoms with van der Waals surface area (Å²) in [7, 11) is 0. The number of benzene rings is 7. The summed E-state index contributed by atoms with van der Waals surface area (Å²) in [5.74, 6) is -1.85. The second-order valence-corrected chi connectivity index (χ2v) is 23.8. The molecule has 0 amide bonds. The number of phenolic OH excluding ortho intramolecular Hbond substituents is 1. The van der Waals surface area contributed by atoms with Gasteiger partial charge in [-0.25, -0.2) is 4.98 Å². The van der Waals surface area contributed by atoms with Crippen molar-refractivity contribution in [2.24, 2.45) is 0 Å². The van der Waals surface area contributed by atoms with Crippen LogP contribution in [0.15, 0.2) is 152 Å². The van der Waals surface area contributed by atoms with E-state index in [4.69, 9.17) is 9.97 Å². The molecule has 0 fully saturated rings. The van der Waals surface area contributed by atoms with Crippen LogP contribution in [0.3, 0.4) is 0 Å². The first-order chi connectivity index (χ1) is 35.6. The predicted molar refractivity (Wildman–Crippen MR) is 307 cm³/mol. The van der Waals surface area contributed by atoms with Gasteiger partial charge in [-0.2, -0.15) is 0 Å². The molecule has 4 nitrogen and oxygen atoms in total. The van der Waals surface area contributed by atoms with E-state index >= 15 is 0 Å². The van der Waals surface area contributed by atoms with E-state index in [0.717, 1.165) is 106 Å². The maximum absolute atomic E-state index is 12.8. The van der Waals surface area contributed by atoms with Gasteiger partial charge >= 0.3 is 0 Å². The zero-order valence-corrected chi connectivity index (χ0v) is 47.7. The molecule has 5 heteroatoms. The number of imidazole rings is 1. The number of pyridine rings is 1. The summed E-state index contributed by atoms with van der Waals surface area (Å²) < 4.78 is 30.7. The van der Waals surface area contributed by atoms with Gasteiger partial charge in [0.05, 0.1) is 22.3 Å². The topological polar surface area (TPSA) is 50.9 Å². The Bertz CT molecular complexity index is 3660. The minimum absolute atomic E-state index is 0. The number of aromatic hydroxyl groups is 1. The van der Waals surface area contributed by atoms with Crippen LogP contribution in [0.4, 0.5) is 0 Å². The van der Waals surface area contributed by atoms with Crippen LogP contribution in [0.1, 0.15) is 156 Å². The van der Waals surface area contributed by atoms with Crippen LogP contribution in [0.2, 0.25) is 0 Å². The van der Waals surface area contributed by atoms with Gasteiger partial charge < -0.3 is 5.11 Å². The summed E-state index contributed by atoms with van der Waals surface area (Å²) >= 11 is 0. The Hall–Kier alpha value is -6.35. The van der Waals surface area contributed by atoms with Crippen molar-refractivity contribution < 1.29 is 30.3 Å². The molecule has 0 saturated carbocycles. The quantitative estimate of drug-likeness (QED) is 0.147. The van der Waals surface area contributed by atoms with Gasteiger partial charge in [-0.1, -0.05) is 210 Å². The maximum atomic E-state index is 12.8. The standard InChI is InChI=1S/C69H72N3O.Pt/c1-42(2)53-26-20-27-54(43(3)4)62(53)47-32-33-70-59(39-47)50-35-49(36-51(37-50)67(5,6)7)55-28-21-29-61-64(55)71-66(57-40-52(68(8,9)10)41-58(65(57)73)69(11,12)13)72(61)60-31-30-46-34-48(44-22-16-14-17-23-44)38-56(46)63(60)45-24-18-15-19-25-45;/h14-33,36-37,39-43,48,73H,34,38H2,1-13H3;/q-1;/i42D,43D,48D;. The SMILES string of the molecule is [2H]C(C)(C)c1cccc(C([2H])(C)C)c1-c1ccnc(-c2[c-]c(-c3cccc4c3nc(-c3cc(C(C)(C)C)cc(C(C)(C)C)c3O)n4-c3ccc4c(c3-c3ccccc3)CC([2H])(c3ccccc3)C4)cc(C(C)(C)C)c2)c1.[Pt]. The van der Waals surface area contributed by atoms with Crippen molar-refractivity contribution >= 4 is 11.0 Å². The third-order valence-electron chi connectivity index (χ3n) is 14.9. The molecule has 74 heavy (non-hydrogen) atoms. The Kier molecular flexibility index (Phi) is 13.2. The molecular weight excluding hydrogens is 1080 g/mol. The smallest absolute Gasteiger partial charge is 0.148 e. The molecule has 0 spiro atoms. The molecule has 10 rings (SSSR count). The molecule has 2 aromatic heterocycles. The van der Waals surface area contributed by atoms with Crippen molar-refractivity contribution in [2.45, 2.75) is 137 Å². The van der Waals surface area contributed by atoms with Gasteiger partial charge in [-0.15, -0.1) is 29.3 Å². The normalized spacial score (nSPS) is 15.8. The molecule has 2 heterocycles. The van der Waals surface area contributed by atoms with Crippen molar-refractivity contribution in [1.29, 1.82) is 0 Å². The number of aromatic nitrogens is 3. The fraction of sp³-hybridized carbons (Fsp3) is 0.304. The van der Waals surface area contributed by atoms with Crippen LogP contribution in [-0.2, 0) is 50.2 Å². The average Bonchev–Trinajstić information content (AvgIpc) is 3.93. The van der Waals surface area contributed by atoms with Gasteiger partial charge in [0, 0.05) is 48.2 Å². The first kappa shape index (κ1) is 48.6. The molecule has 0 radical (unpaired) electrons. The Morgan fingerprint density at radius 1 is 0.622 bits per heavy atom. The Morgan fingerprint density at radius 2 is 1.24 bits per heavy atom. The second-order valence-electron chi connectivity index (χ2n) is 23.8. The van der Waals surface area contributed by atoms with E-state index in [9.17, 15) is 9.22 Å². The number of phenols is 1. The maximum Gasteiger partial charge on any atom is 0.148 e. The number of hydrogen-bond acceptors (Lipinski definition) is 3. The van der Waals surface area contributed by atoms with E-state index in [1.54, 1.807) is 0 Å². The zero-order valence-electron chi connectivity index (χ0n) is 48.5. The fourth-order valence-electron chi connectivity index (χ4n) is 10.8. The van der Waals surface area contributed by atoms with E-state index < -0.39 is 17.7 Å². The summed E-state index contributed by atoms with van der Waals surface area (Å²) in [4.78, 5) is 10.8. The van der Waals surface area contributed by atoms with Crippen LogP contribution in [0.25, 0.3) is 72.7 Å². The van der Waals surface area contributed by atoms with E-state index in [-0.39, 0.29) is 43.1 Å². The first-order valence-corrected chi connectivity index (χ1v) is 26.0. The minimum atomic E-state index is -0.915. The summed E-state index contributed by atoms with van der Waals surface area (Å²) in [5, 5.41) is 12.8. The largest absolute Gasteiger partial charge is 0.507 e. The molecular formula is C69H72N3OPt-. The monoisotopic (exact) mass is 1160 g/mol. The molecule has 1 unspecified atom stereocenters. The molecule has 0 bridgehead atoms. The van der Waals surface area contributed by atoms with Crippen LogP contribution < -0.4 is 0 Å². The summed E-state index contributed by atoms with van der Waals surface area (Å²) in [5.41, 5.74) is 17.6. The summed E-state index contributed by atoms with van der Waals surface area (Å²) in [6.07, 6.45) is 2.97. The number of hydrogen-bond donors (Lipinski definition) is 1. The third-order valence-corrected chi connectivity index (χ3v) is 14.9. The van der Waals surface area contributed by atoms with Gasteiger partial charge in [0.25, 0.3) is 0 Å². The van der Waals surface area contributed by atoms with Gasteiger partial charge in [0.2, 0.25) is 0 Å². The van der Waals surface area contributed by atoms with E-state index in [0.29, 0.717) is 24.2 Å². The van der Waals surface area contributed by atoms with Crippen molar-refractivity contribution in [2.75, 3.05) is 0 Å². The summed E-state index contributed by atoms with van der Waals surface area (Å²) in [6, 6.07) is 54.3. The average molecular weight is 1160 g/mol. The number of rotatable bonds is 9. The number of para-hydroxylation sites is 1. The van der Waals surface area contributed by atoms with Gasteiger partial charge in [0.15, 0.2) is 0 Å². The third kappa shape index (κ3) is 9.88. The number of nitrogens with zero attached hydrogens (tertiary/aromatic N) is 3. The zero-order chi connectivity index (χ0) is 54.5. The first-order valence-electron chi connectivity index (χ1n) is 27.5. The second kappa shape index (κ2) is 20.1. The van der Waals surface area contributed by atoms with Gasteiger partial charge in [0.1, 0.15) is 11.6 Å². The molecule has 1 aliphatic carbocycles. The molecule has 7 aromatic carbocycles. The van der Waals surface area contributed by atoms with Gasteiger partial charge in [-0.05, 0) is 121 Å². The van der Waals surface area contributed by atoms with Crippen LogP contribution in [-0.4, -0.2) is 19.6 Å². The molecule has 1 aliphatic rings. The van der Waals surface area contributed by atoms with Crippen molar-refractivity contribution in [3.05, 3.63) is 202 Å². The molecule has 0 saturated heterocycles. The molecule has 9 aromatic rings. The predicted octanol–water partition coefficient (Wildman–Crippen LogP) is 18.3. The Labute approximate surface area is 459 Å². The van der Waals surface area contributed by atoms with Crippen molar-refractivity contribution in [3.63, 3.8) is 0 Å². The van der Waals surface area contributed by atoms with E-state index in [2.05, 4.69) is 176 Å². The minimum Gasteiger partial charge on any atom is -0.507 e. The van der Waals surface area contributed by atoms with E-state index in [1.807, 2.05) is 76.4 Å². The van der Waals surface area contributed by atoms with Crippen LogP contribution >= 0.6 is 0 Å². The number of fused-ring (bicyclic) bond motifs is 2. The van der Waals surface area contributed by atoms with Gasteiger partial charge in [-0.3, -0.25) is 9.55 Å². The molecule has 0 aliphatic heterocycles. The van der Waals surface area contributed by atoms with Crippen LogP contribution in [0.5, 0.6) is 5.75 Å². The molecule has 1 N–H and O–H groups in total. The molecule has 380 valence electrons. The summed E-state index contributed by atoms with van der Waals surface area (Å²) in [6.45, 7) is 27.4. The van der Waals surface area contributed by atoms with Crippen molar-refractivity contribution in [1.82, 2.24) is 14.5 Å². The molecule has 1 atom stereocenters. The Balaban J connectivity index is 0.00000722.